The molecule has 3 heterocycles. The first-order valence-corrected chi connectivity index (χ1v) is 12.5. The molecule has 0 fully saturated rings. The number of imidazole rings is 1. The van der Waals surface area contributed by atoms with E-state index in [9.17, 15) is 14.4 Å². The Balaban J connectivity index is 1.77. The SMILES string of the molecule is COC(=O)C1=C(C)N=c2sc(=Cc3ccc4c(c3)n(C)c(=O)n4C)c(=O)n2C1c1cc(Cl)ccc1OC. The van der Waals surface area contributed by atoms with Crippen molar-refractivity contribution in [1.29, 1.82) is 0 Å². The number of thiazole rings is 1. The van der Waals surface area contributed by atoms with Gasteiger partial charge in [-0.15, -0.1) is 0 Å². The minimum absolute atomic E-state index is 0.132. The number of rotatable bonds is 4. The molecule has 4 aromatic rings. The van der Waals surface area contributed by atoms with Gasteiger partial charge < -0.3 is 9.47 Å². The second-order valence-corrected chi connectivity index (χ2v) is 10.1. The molecule has 9 nitrogen and oxygen atoms in total. The molecule has 0 bridgehead atoms. The van der Waals surface area contributed by atoms with Gasteiger partial charge >= 0.3 is 11.7 Å². The van der Waals surface area contributed by atoms with Crippen molar-refractivity contribution in [3.05, 3.63) is 94.0 Å². The van der Waals surface area contributed by atoms with E-state index < -0.39 is 12.0 Å². The van der Waals surface area contributed by atoms with Gasteiger partial charge in [0.05, 0.1) is 41.1 Å². The number of aryl methyl sites for hydroxylation is 2. The average molecular weight is 539 g/mol. The van der Waals surface area contributed by atoms with Crippen LogP contribution in [0.25, 0.3) is 17.1 Å². The maximum absolute atomic E-state index is 13.8. The molecule has 1 aliphatic rings. The van der Waals surface area contributed by atoms with Gasteiger partial charge in [0.1, 0.15) is 11.8 Å². The number of hydrogen-bond acceptors (Lipinski definition) is 7. The Bertz CT molecular complexity index is 1880. The molecule has 0 spiro atoms. The van der Waals surface area contributed by atoms with Crippen molar-refractivity contribution in [3.63, 3.8) is 0 Å². The third-order valence-corrected chi connectivity index (χ3v) is 7.73. The zero-order chi connectivity index (χ0) is 26.6. The molecular formula is C26H23ClN4O5S. The smallest absolute Gasteiger partial charge is 0.338 e. The molecule has 1 aliphatic heterocycles. The number of hydrogen-bond donors (Lipinski definition) is 0. The van der Waals surface area contributed by atoms with Crippen LogP contribution in [0, 0.1) is 0 Å². The highest BCUT2D eigenvalue weighted by Gasteiger charge is 2.35. The summed E-state index contributed by atoms with van der Waals surface area (Å²) in [5, 5.41) is 0.429. The van der Waals surface area contributed by atoms with E-state index in [1.807, 2.05) is 18.2 Å². The fourth-order valence-electron chi connectivity index (χ4n) is 4.67. The van der Waals surface area contributed by atoms with Crippen LogP contribution in [-0.2, 0) is 23.6 Å². The third-order valence-electron chi connectivity index (χ3n) is 6.51. The summed E-state index contributed by atoms with van der Waals surface area (Å²) in [7, 11) is 6.22. The molecule has 2 aromatic carbocycles. The number of carbonyl (C=O) groups excluding carboxylic acids is 1. The number of aromatic nitrogens is 3. The molecule has 1 atom stereocenters. The second kappa shape index (κ2) is 9.20. The van der Waals surface area contributed by atoms with Crippen LogP contribution in [0.5, 0.6) is 5.75 Å². The van der Waals surface area contributed by atoms with Gasteiger partial charge in [-0.3, -0.25) is 18.5 Å². The fraction of sp³-hybridized carbons (Fsp3) is 0.231. The third kappa shape index (κ3) is 3.93. The van der Waals surface area contributed by atoms with Crippen molar-refractivity contribution >= 4 is 46.0 Å². The quantitative estimate of drug-likeness (QED) is 0.371. The minimum atomic E-state index is -0.850. The molecule has 1 unspecified atom stereocenters. The molecule has 0 saturated heterocycles. The molecule has 0 aliphatic carbocycles. The zero-order valence-corrected chi connectivity index (χ0v) is 22.3. The van der Waals surface area contributed by atoms with E-state index in [2.05, 4.69) is 4.99 Å². The lowest BCUT2D eigenvalue weighted by Crippen LogP contribution is -2.40. The van der Waals surface area contributed by atoms with Crippen molar-refractivity contribution in [2.75, 3.05) is 14.2 Å². The van der Waals surface area contributed by atoms with Gasteiger partial charge in [-0.05, 0) is 48.9 Å². The molecule has 37 heavy (non-hydrogen) atoms. The summed E-state index contributed by atoms with van der Waals surface area (Å²) in [4.78, 5) is 44.0. The predicted molar refractivity (Wildman–Crippen MR) is 142 cm³/mol. The van der Waals surface area contributed by atoms with Gasteiger partial charge in [0.2, 0.25) is 0 Å². The van der Waals surface area contributed by atoms with Gasteiger partial charge in [0.25, 0.3) is 5.56 Å². The Kier molecular flexibility index (Phi) is 6.17. The molecule has 0 N–H and O–H groups in total. The topological polar surface area (TPSA) is 96.8 Å². The van der Waals surface area contributed by atoms with E-state index in [4.69, 9.17) is 21.1 Å². The number of fused-ring (bicyclic) bond motifs is 2. The van der Waals surface area contributed by atoms with Crippen molar-refractivity contribution in [2.45, 2.75) is 13.0 Å². The predicted octanol–water partition coefficient (Wildman–Crippen LogP) is 2.26. The normalized spacial score (nSPS) is 15.6. The van der Waals surface area contributed by atoms with Crippen LogP contribution in [-0.4, -0.2) is 33.9 Å². The van der Waals surface area contributed by atoms with E-state index in [1.165, 1.54) is 30.1 Å². The van der Waals surface area contributed by atoms with Crippen LogP contribution in [0.15, 0.2) is 62.2 Å². The van der Waals surface area contributed by atoms with Crippen LogP contribution in [0.3, 0.4) is 0 Å². The summed E-state index contributed by atoms with van der Waals surface area (Å²) in [6, 6.07) is 9.75. The molecule has 0 radical (unpaired) electrons. The number of benzene rings is 2. The molecule has 190 valence electrons. The van der Waals surface area contributed by atoms with E-state index in [0.29, 0.717) is 31.4 Å². The number of carbonyl (C=O) groups is 1. The van der Waals surface area contributed by atoms with Crippen LogP contribution in [0.4, 0.5) is 0 Å². The summed E-state index contributed by atoms with van der Waals surface area (Å²) < 4.78 is 15.6. The Morgan fingerprint density at radius 3 is 2.51 bits per heavy atom. The van der Waals surface area contributed by atoms with Crippen molar-refractivity contribution in [3.8, 4) is 5.75 Å². The monoisotopic (exact) mass is 538 g/mol. The number of methoxy groups -OCH3 is 2. The second-order valence-electron chi connectivity index (χ2n) is 8.61. The lowest BCUT2D eigenvalue weighted by Gasteiger charge is -2.25. The van der Waals surface area contributed by atoms with Crippen molar-refractivity contribution in [2.24, 2.45) is 19.1 Å². The van der Waals surface area contributed by atoms with E-state index in [0.717, 1.165) is 16.6 Å². The molecule has 11 heteroatoms. The molecule has 0 amide bonds. The van der Waals surface area contributed by atoms with Gasteiger partial charge in [-0.1, -0.05) is 29.0 Å². The first-order valence-electron chi connectivity index (χ1n) is 11.3. The van der Waals surface area contributed by atoms with Crippen LogP contribution < -0.4 is 25.3 Å². The summed E-state index contributed by atoms with van der Waals surface area (Å²) in [5.74, 6) is -0.131. The van der Waals surface area contributed by atoms with Gasteiger partial charge in [-0.2, -0.15) is 0 Å². The van der Waals surface area contributed by atoms with Gasteiger partial charge in [-0.25, -0.2) is 14.6 Å². The van der Waals surface area contributed by atoms with Crippen LogP contribution in [0.1, 0.15) is 24.1 Å². The fourth-order valence-corrected chi connectivity index (χ4v) is 5.90. The van der Waals surface area contributed by atoms with E-state index >= 15 is 0 Å². The van der Waals surface area contributed by atoms with E-state index in [-0.39, 0.29) is 16.8 Å². The lowest BCUT2D eigenvalue weighted by atomic mass is 9.95. The first kappa shape index (κ1) is 24.8. The van der Waals surface area contributed by atoms with E-state index in [1.54, 1.807) is 54.4 Å². The highest BCUT2D eigenvalue weighted by molar-refractivity contribution is 7.07. The maximum Gasteiger partial charge on any atom is 0.338 e. The largest absolute Gasteiger partial charge is 0.496 e. The Morgan fingerprint density at radius 1 is 1.08 bits per heavy atom. The highest BCUT2D eigenvalue weighted by atomic mass is 35.5. The summed E-state index contributed by atoms with van der Waals surface area (Å²) in [5.41, 5.74) is 3.03. The number of esters is 1. The first-order chi connectivity index (χ1) is 17.7. The van der Waals surface area contributed by atoms with Crippen molar-refractivity contribution in [1.82, 2.24) is 13.7 Å². The van der Waals surface area contributed by atoms with Crippen LogP contribution >= 0.6 is 22.9 Å². The Morgan fingerprint density at radius 2 is 1.81 bits per heavy atom. The summed E-state index contributed by atoms with van der Waals surface area (Å²) in [6.07, 6.45) is 1.75. The molecule has 2 aromatic heterocycles. The minimum Gasteiger partial charge on any atom is -0.496 e. The zero-order valence-electron chi connectivity index (χ0n) is 20.7. The highest BCUT2D eigenvalue weighted by Crippen LogP contribution is 2.37. The standard InChI is InChI=1S/C26H23ClN4O5S/c1-13-21(24(33)36-5)22(16-12-15(27)7-9-19(16)35-4)31-23(32)20(37-25(31)28-13)11-14-6-8-17-18(10-14)30(3)26(34)29(17)2/h6-12,22H,1-5H3. The van der Waals surface area contributed by atoms with Crippen LogP contribution in [0.2, 0.25) is 5.02 Å². The lowest BCUT2D eigenvalue weighted by molar-refractivity contribution is -0.136. The number of ether oxygens (including phenoxy) is 2. The number of allylic oxidation sites excluding steroid dienone is 1. The number of halogens is 1. The Hall–Kier alpha value is -3.89. The summed E-state index contributed by atoms with van der Waals surface area (Å²) in [6.45, 7) is 1.71. The Labute approximate surface area is 219 Å². The molecule has 5 rings (SSSR count). The average Bonchev–Trinajstić information content (AvgIpc) is 3.30. The van der Waals surface area contributed by atoms with Gasteiger partial charge in [0, 0.05) is 24.7 Å². The van der Waals surface area contributed by atoms with Gasteiger partial charge in [0.15, 0.2) is 4.80 Å². The molecular weight excluding hydrogens is 516 g/mol. The summed E-state index contributed by atoms with van der Waals surface area (Å²) >= 11 is 7.53. The van der Waals surface area contributed by atoms with Crippen molar-refractivity contribution < 1.29 is 14.3 Å². The maximum atomic E-state index is 13.8. The number of nitrogens with zero attached hydrogens (tertiary/aromatic N) is 4. The molecule has 0 saturated carbocycles.